The summed E-state index contributed by atoms with van der Waals surface area (Å²) >= 11 is 0. The predicted octanol–water partition coefficient (Wildman–Crippen LogP) is 2.26. The fourth-order valence-electron chi connectivity index (χ4n) is 3.08. The molecule has 0 amide bonds. The van der Waals surface area contributed by atoms with Crippen molar-refractivity contribution in [3.63, 3.8) is 0 Å². The molecule has 1 aliphatic heterocycles. The number of hydrogen-bond donors (Lipinski definition) is 0. The maximum absolute atomic E-state index is 13.2. The molecule has 1 saturated heterocycles. The van der Waals surface area contributed by atoms with Gasteiger partial charge in [0, 0.05) is 25.4 Å². The van der Waals surface area contributed by atoms with Crippen LogP contribution in [0.25, 0.3) is 0 Å². The van der Waals surface area contributed by atoms with Crippen LogP contribution in [0.2, 0.25) is 0 Å². The topological polar surface area (TPSA) is 64.4 Å². The Kier molecular flexibility index (Phi) is 4.16. The predicted molar refractivity (Wildman–Crippen MR) is 86.8 cm³/mol. The van der Waals surface area contributed by atoms with Crippen LogP contribution in [0, 0.1) is 6.92 Å². The van der Waals surface area contributed by atoms with Crippen LogP contribution in [0.15, 0.2) is 35.5 Å². The Balaban J connectivity index is 2.03. The Bertz CT molecular complexity index is 814. The highest BCUT2D eigenvalue weighted by molar-refractivity contribution is 7.89. The maximum Gasteiger partial charge on any atom is 0.247 e. The summed E-state index contributed by atoms with van der Waals surface area (Å²) in [6, 6.07) is 5.06. The van der Waals surface area contributed by atoms with Crippen molar-refractivity contribution >= 4 is 10.0 Å². The number of sulfonamides is 1. The third-order valence-corrected chi connectivity index (χ3v) is 6.15. The number of methoxy groups -OCH3 is 1. The summed E-state index contributed by atoms with van der Waals surface area (Å²) in [5.41, 5.74) is 1.82. The summed E-state index contributed by atoms with van der Waals surface area (Å²) in [6.07, 6.45) is 5.27. The number of aromatic nitrogens is 2. The molecule has 0 spiro atoms. The zero-order valence-corrected chi connectivity index (χ0v) is 14.4. The molecule has 1 aromatic heterocycles. The SMILES string of the molecule is COc1ccc(C)cc1S(=O)(=O)N1CCCC1c1cnn(C)c1. The third kappa shape index (κ3) is 2.86. The summed E-state index contributed by atoms with van der Waals surface area (Å²) in [5, 5.41) is 4.17. The molecule has 0 aliphatic carbocycles. The van der Waals surface area contributed by atoms with Gasteiger partial charge < -0.3 is 4.74 Å². The lowest BCUT2D eigenvalue weighted by Gasteiger charge is -2.24. The third-order valence-electron chi connectivity index (χ3n) is 4.22. The van der Waals surface area contributed by atoms with Gasteiger partial charge in [0.1, 0.15) is 10.6 Å². The molecule has 1 aromatic carbocycles. The molecule has 0 saturated carbocycles. The van der Waals surface area contributed by atoms with E-state index in [1.54, 1.807) is 27.3 Å². The Labute approximate surface area is 136 Å². The number of benzene rings is 1. The van der Waals surface area contributed by atoms with Gasteiger partial charge >= 0.3 is 0 Å². The molecule has 7 heteroatoms. The first-order valence-electron chi connectivity index (χ1n) is 7.58. The monoisotopic (exact) mass is 335 g/mol. The highest BCUT2D eigenvalue weighted by atomic mass is 32.2. The number of ether oxygens (including phenoxy) is 1. The molecule has 23 heavy (non-hydrogen) atoms. The average molecular weight is 335 g/mol. The number of aryl methyl sites for hydroxylation is 2. The lowest BCUT2D eigenvalue weighted by atomic mass is 10.1. The van der Waals surface area contributed by atoms with E-state index in [4.69, 9.17) is 4.74 Å². The van der Waals surface area contributed by atoms with Gasteiger partial charge in [-0.15, -0.1) is 0 Å². The Morgan fingerprint density at radius 1 is 1.35 bits per heavy atom. The van der Waals surface area contributed by atoms with Gasteiger partial charge in [-0.05, 0) is 37.5 Å². The molecule has 2 heterocycles. The highest BCUT2D eigenvalue weighted by Gasteiger charge is 2.38. The second-order valence-electron chi connectivity index (χ2n) is 5.88. The molecule has 1 fully saturated rings. The summed E-state index contributed by atoms with van der Waals surface area (Å²) in [6.45, 7) is 2.39. The summed E-state index contributed by atoms with van der Waals surface area (Å²) < 4.78 is 34.9. The van der Waals surface area contributed by atoms with Crippen LogP contribution in [-0.4, -0.2) is 36.2 Å². The average Bonchev–Trinajstić information content (AvgIpc) is 3.15. The largest absolute Gasteiger partial charge is 0.495 e. The van der Waals surface area contributed by atoms with Crippen molar-refractivity contribution < 1.29 is 13.2 Å². The second-order valence-corrected chi connectivity index (χ2v) is 7.73. The highest BCUT2D eigenvalue weighted by Crippen LogP contribution is 2.38. The van der Waals surface area contributed by atoms with Crippen LogP contribution in [0.4, 0.5) is 0 Å². The van der Waals surface area contributed by atoms with Crippen molar-refractivity contribution in [3.05, 3.63) is 41.7 Å². The first kappa shape index (κ1) is 16.0. The normalized spacial score (nSPS) is 19.2. The second kappa shape index (κ2) is 5.98. The van der Waals surface area contributed by atoms with E-state index in [1.807, 2.05) is 26.2 Å². The molecular formula is C16H21N3O3S. The van der Waals surface area contributed by atoms with Gasteiger partial charge in [0.15, 0.2) is 0 Å². The Hall–Kier alpha value is -1.86. The van der Waals surface area contributed by atoms with Crippen molar-refractivity contribution in [2.45, 2.75) is 30.7 Å². The maximum atomic E-state index is 13.2. The lowest BCUT2D eigenvalue weighted by molar-refractivity contribution is 0.380. The fraction of sp³-hybridized carbons (Fsp3) is 0.438. The molecule has 1 unspecified atom stereocenters. The zero-order valence-electron chi connectivity index (χ0n) is 13.6. The van der Waals surface area contributed by atoms with E-state index in [2.05, 4.69) is 5.10 Å². The minimum Gasteiger partial charge on any atom is -0.495 e. The molecule has 1 aliphatic rings. The van der Waals surface area contributed by atoms with Crippen molar-refractivity contribution in [2.75, 3.05) is 13.7 Å². The van der Waals surface area contributed by atoms with Crippen LogP contribution in [0.5, 0.6) is 5.75 Å². The van der Waals surface area contributed by atoms with Crippen molar-refractivity contribution in [1.82, 2.24) is 14.1 Å². The van der Waals surface area contributed by atoms with Crippen LogP contribution in [-0.2, 0) is 17.1 Å². The Morgan fingerprint density at radius 2 is 2.13 bits per heavy atom. The molecule has 0 N–H and O–H groups in total. The van der Waals surface area contributed by atoms with Gasteiger partial charge in [0.25, 0.3) is 0 Å². The van der Waals surface area contributed by atoms with Gasteiger partial charge in [0.05, 0.1) is 19.3 Å². The fourth-order valence-corrected chi connectivity index (χ4v) is 5.01. The smallest absolute Gasteiger partial charge is 0.247 e. The van der Waals surface area contributed by atoms with Crippen LogP contribution in [0.1, 0.15) is 30.0 Å². The summed E-state index contributed by atoms with van der Waals surface area (Å²) in [4.78, 5) is 0.232. The van der Waals surface area contributed by atoms with E-state index in [-0.39, 0.29) is 10.9 Å². The van der Waals surface area contributed by atoms with Crippen LogP contribution in [0.3, 0.4) is 0 Å². The molecule has 1 atom stereocenters. The van der Waals surface area contributed by atoms with Gasteiger partial charge in [-0.25, -0.2) is 8.42 Å². The molecule has 3 rings (SSSR count). The minimum atomic E-state index is -3.62. The summed E-state index contributed by atoms with van der Waals surface area (Å²) in [5.74, 6) is 0.382. The first-order valence-corrected chi connectivity index (χ1v) is 9.02. The number of rotatable bonds is 4. The van der Waals surface area contributed by atoms with Gasteiger partial charge in [-0.2, -0.15) is 9.40 Å². The van der Waals surface area contributed by atoms with Gasteiger partial charge in [-0.3, -0.25) is 4.68 Å². The van der Waals surface area contributed by atoms with Crippen molar-refractivity contribution in [2.24, 2.45) is 7.05 Å². The van der Waals surface area contributed by atoms with E-state index < -0.39 is 10.0 Å². The van der Waals surface area contributed by atoms with E-state index >= 15 is 0 Å². The first-order chi connectivity index (χ1) is 10.9. The molecular weight excluding hydrogens is 314 g/mol. The molecule has 6 nitrogen and oxygen atoms in total. The van der Waals surface area contributed by atoms with Gasteiger partial charge in [-0.1, -0.05) is 6.07 Å². The van der Waals surface area contributed by atoms with Crippen molar-refractivity contribution in [1.29, 1.82) is 0 Å². The van der Waals surface area contributed by atoms with Crippen LogP contribution < -0.4 is 4.74 Å². The quantitative estimate of drug-likeness (QED) is 0.860. The van der Waals surface area contributed by atoms with Gasteiger partial charge in [0.2, 0.25) is 10.0 Å². The van der Waals surface area contributed by atoms with E-state index in [0.29, 0.717) is 12.3 Å². The summed E-state index contributed by atoms with van der Waals surface area (Å²) in [7, 11) is -0.294. The van der Waals surface area contributed by atoms with Crippen LogP contribution >= 0.6 is 0 Å². The van der Waals surface area contributed by atoms with E-state index in [0.717, 1.165) is 24.0 Å². The number of nitrogens with zero attached hydrogens (tertiary/aromatic N) is 3. The van der Waals surface area contributed by atoms with E-state index in [9.17, 15) is 8.42 Å². The number of hydrogen-bond acceptors (Lipinski definition) is 4. The molecule has 0 bridgehead atoms. The molecule has 2 aromatic rings. The molecule has 0 radical (unpaired) electrons. The standard InChI is InChI=1S/C16H21N3O3S/c1-12-6-7-15(22-3)16(9-12)23(20,21)19-8-4-5-14(19)13-10-17-18(2)11-13/h6-7,9-11,14H,4-5,8H2,1-3H3. The zero-order chi connectivity index (χ0) is 16.6. The lowest BCUT2D eigenvalue weighted by Crippen LogP contribution is -2.31. The van der Waals surface area contributed by atoms with Crippen molar-refractivity contribution in [3.8, 4) is 5.75 Å². The van der Waals surface area contributed by atoms with E-state index in [1.165, 1.54) is 7.11 Å². The Morgan fingerprint density at radius 3 is 2.78 bits per heavy atom. The minimum absolute atomic E-state index is 0.168. The molecule has 124 valence electrons.